The normalized spacial score (nSPS) is 13.2. The van der Waals surface area contributed by atoms with Crippen molar-refractivity contribution in [3.63, 3.8) is 0 Å². The first-order valence-corrected chi connectivity index (χ1v) is 17.8. The molecule has 46 heavy (non-hydrogen) atoms. The van der Waals surface area contributed by atoms with Gasteiger partial charge in [-0.05, 0) is 65.8 Å². The average Bonchev–Trinajstić information content (AvgIpc) is 2.90. The van der Waals surface area contributed by atoms with Crippen LogP contribution in [0, 0.1) is 0 Å². The summed E-state index contributed by atoms with van der Waals surface area (Å²) < 4.78 is 75.3. The molecule has 0 fully saturated rings. The van der Waals surface area contributed by atoms with E-state index in [4.69, 9.17) is 27.3 Å². The Labute approximate surface area is 272 Å². The molecule has 0 aliphatic rings. The minimum atomic E-state index is -3.62. The molecule has 0 heterocycles. The van der Waals surface area contributed by atoms with Crippen LogP contribution < -0.4 is 20.1 Å². The molecule has 0 saturated heterocycles. The Morgan fingerprint density at radius 2 is 0.891 bits per heavy atom. The summed E-state index contributed by atoms with van der Waals surface area (Å²) in [6.45, 7) is 9.98. The molecule has 0 spiro atoms. The van der Waals surface area contributed by atoms with E-state index in [1.165, 1.54) is 0 Å². The maximum absolute atomic E-state index is 11.8. The van der Waals surface area contributed by atoms with Crippen LogP contribution in [0.3, 0.4) is 0 Å². The lowest BCUT2D eigenvalue weighted by Crippen LogP contribution is -2.45. The Morgan fingerprint density at radius 3 is 1.15 bits per heavy atom. The minimum absolute atomic E-state index is 0.0405. The Kier molecular flexibility index (Phi) is 16.3. The van der Waals surface area contributed by atoms with Crippen molar-refractivity contribution >= 4 is 32.4 Å². The van der Waals surface area contributed by atoms with Crippen LogP contribution >= 0.6 is 0 Å². The van der Waals surface area contributed by atoms with Gasteiger partial charge >= 0.3 is 12.2 Å². The van der Waals surface area contributed by atoms with E-state index in [9.17, 15) is 26.4 Å². The second-order valence-electron chi connectivity index (χ2n) is 11.9. The van der Waals surface area contributed by atoms with Crippen LogP contribution in [0.15, 0.2) is 60.7 Å². The zero-order chi connectivity index (χ0) is 35.0. The molecule has 0 aromatic heterocycles. The first-order valence-electron chi connectivity index (χ1n) is 14.1. The predicted molar refractivity (Wildman–Crippen MR) is 172 cm³/mol. The van der Waals surface area contributed by atoms with Gasteiger partial charge in [0.15, 0.2) is 0 Å². The summed E-state index contributed by atoms with van der Waals surface area (Å²) in [5.41, 5.74) is -1.32. The largest absolute Gasteiger partial charge is 0.491 e. The number of hydrogen-bond acceptors (Lipinski definition) is 12. The van der Waals surface area contributed by atoms with Gasteiger partial charge in [-0.2, -0.15) is 16.8 Å². The summed E-state index contributed by atoms with van der Waals surface area (Å²) in [6, 6.07) is 16.5. The van der Waals surface area contributed by atoms with E-state index in [2.05, 4.69) is 10.6 Å². The van der Waals surface area contributed by atoms with Crippen LogP contribution in [0.5, 0.6) is 11.5 Å². The highest BCUT2D eigenvalue weighted by Gasteiger charge is 2.23. The quantitative estimate of drug-likeness (QED) is 0.274. The van der Waals surface area contributed by atoms with E-state index in [0.717, 1.165) is 12.5 Å². The molecule has 2 N–H and O–H groups in total. The summed E-state index contributed by atoms with van der Waals surface area (Å²) in [6.07, 6.45) is 0.540. The lowest BCUT2D eigenvalue weighted by atomic mass is 10.2. The molecule has 260 valence electrons. The van der Waals surface area contributed by atoms with Gasteiger partial charge in [0, 0.05) is 0 Å². The number of rotatable bonds is 14. The van der Waals surface area contributed by atoms with Crippen LogP contribution in [0.4, 0.5) is 9.59 Å². The fourth-order valence-corrected chi connectivity index (χ4v) is 3.87. The topological polar surface area (TPSA) is 182 Å². The number of benzene rings is 2. The second-order valence-corrected chi connectivity index (χ2v) is 15.2. The first kappa shape index (κ1) is 40.4. The Balaban J connectivity index is 0.000000460. The zero-order valence-electron chi connectivity index (χ0n) is 27.5. The number of para-hydroxylation sites is 2. The van der Waals surface area contributed by atoms with Crippen LogP contribution in [-0.2, 0) is 38.1 Å². The van der Waals surface area contributed by atoms with Gasteiger partial charge in [0.05, 0.1) is 37.8 Å². The number of nitrogens with one attached hydrogen (secondary N) is 2. The molecule has 0 bridgehead atoms. The van der Waals surface area contributed by atoms with Crippen molar-refractivity contribution in [3.05, 3.63) is 60.7 Å². The molecule has 0 saturated carbocycles. The van der Waals surface area contributed by atoms with Gasteiger partial charge in [-0.3, -0.25) is 8.37 Å². The van der Waals surface area contributed by atoms with Gasteiger partial charge in [0.25, 0.3) is 20.2 Å². The monoisotopic (exact) mass is 690 g/mol. The molecule has 0 unspecified atom stereocenters. The second kappa shape index (κ2) is 18.5. The number of amides is 2. The number of alkyl carbamates (subject to hydrolysis) is 2. The van der Waals surface area contributed by atoms with Crippen molar-refractivity contribution in [2.45, 2.75) is 64.8 Å². The maximum Gasteiger partial charge on any atom is 0.408 e. The van der Waals surface area contributed by atoms with Crippen molar-refractivity contribution in [3.8, 4) is 11.5 Å². The molecule has 0 aliphatic heterocycles. The van der Waals surface area contributed by atoms with Crippen molar-refractivity contribution < 1.29 is 53.7 Å². The summed E-state index contributed by atoms with van der Waals surface area (Å²) >= 11 is 0. The molecule has 0 radical (unpaired) electrons. The summed E-state index contributed by atoms with van der Waals surface area (Å²) in [5, 5.41) is 5.08. The molecular formula is C30H46N2O12S2. The van der Waals surface area contributed by atoms with E-state index in [-0.39, 0.29) is 26.4 Å². The van der Waals surface area contributed by atoms with Gasteiger partial charge in [-0.25, -0.2) is 9.59 Å². The third-order valence-electron chi connectivity index (χ3n) is 4.80. The first-order chi connectivity index (χ1) is 21.1. The van der Waals surface area contributed by atoms with E-state index < -0.39 is 55.7 Å². The van der Waals surface area contributed by atoms with Crippen molar-refractivity contribution in [2.24, 2.45) is 0 Å². The standard InChI is InChI=1S/2C15H23NO6S/c2*1-15(2,3)22-14(17)16-12(11-21-23(4,18)19)10-20-13-8-6-5-7-9-13/h2*5-9,12H,10-11H2,1-4H3,(H,16,17)/t2*12-/m00/s1. The van der Waals surface area contributed by atoms with E-state index >= 15 is 0 Å². The van der Waals surface area contributed by atoms with E-state index in [0.29, 0.717) is 11.5 Å². The Bertz CT molecular complexity index is 1300. The number of ether oxygens (including phenoxy) is 4. The summed E-state index contributed by atoms with van der Waals surface area (Å²) in [7, 11) is -7.24. The van der Waals surface area contributed by atoms with Crippen molar-refractivity contribution in [1.29, 1.82) is 0 Å². The van der Waals surface area contributed by atoms with Gasteiger partial charge in [-0.15, -0.1) is 0 Å². The smallest absolute Gasteiger partial charge is 0.408 e. The van der Waals surface area contributed by atoms with E-state index in [1.807, 2.05) is 12.1 Å². The van der Waals surface area contributed by atoms with Gasteiger partial charge in [-0.1, -0.05) is 36.4 Å². The molecule has 2 amide bonds. The molecular weight excluding hydrogens is 644 g/mol. The highest BCUT2D eigenvalue weighted by atomic mass is 32.2. The van der Waals surface area contributed by atoms with Crippen LogP contribution in [0.1, 0.15) is 41.5 Å². The molecule has 0 aliphatic carbocycles. The zero-order valence-corrected chi connectivity index (χ0v) is 29.1. The molecule has 14 nitrogen and oxygen atoms in total. The van der Waals surface area contributed by atoms with Gasteiger partial charge in [0.2, 0.25) is 0 Å². The highest BCUT2D eigenvalue weighted by Crippen LogP contribution is 2.12. The molecule has 2 atom stereocenters. The van der Waals surface area contributed by atoms with Crippen molar-refractivity contribution in [1.82, 2.24) is 10.6 Å². The summed E-state index contributed by atoms with van der Waals surface area (Å²) in [5.74, 6) is 1.20. The number of carbonyl (C=O) groups is 2. The lowest BCUT2D eigenvalue weighted by molar-refractivity contribution is 0.0457. The Hall–Kier alpha value is -3.60. The maximum atomic E-state index is 11.8. The average molecular weight is 691 g/mol. The summed E-state index contributed by atoms with van der Waals surface area (Å²) in [4.78, 5) is 23.6. The van der Waals surface area contributed by atoms with Gasteiger partial charge < -0.3 is 29.6 Å². The number of carbonyl (C=O) groups excluding carboxylic acids is 2. The predicted octanol–water partition coefficient (Wildman–Crippen LogP) is 3.87. The molecule has 2 aromatic rings. The minimum Gasteiger partial charge on any atom is -0.491 e. The van der Waals surface area contributed by atoms with Crippen LogP contribution in [0.25, 0.3) is 0 Å². The SMILES string of the molecule is CC(C)(C)OC(=O)N[C@@H](COc1ccccc1)COS(C)(=O)=O.CC(C)(C)OC(=O)N[C@@H](COc1ccccc1)COS(C)(=O)=O. The highest BCUT2D eigenvalue weighted by molar-refractivity contribution is 7.86. The van der Waals surface area contributed by atoms with Gasteiger partial charge in [0.1, 0.15) is 35.9 Å². The molecule has 16 heteroatoms. The van der Waals surface area contributed by atoms with E-state index in [1.54, 1.807) is 90.1 Å². The third-order valence-corrected chi connectivity index (χ3v) is 5.93. The number of hydrogen-bond donors (Lipinski definition) is 2. The van der Waals surface area contributed by atoms with Crippen molar-refractivity contribution in [2.75, 3.05) is 38.9 Å². The fourth-order valence-electron chi connectivity index (χ4n) is 3.05. The molecule has 2 rings (SSSR count). The van der Waals surface area contributed by atoms with Crippen LogP contribution in [-0.4, -0.2) is 91.2 Å². The Morgan fingerprint density at radius 1 is 0.587 bits per heavy atom. The molecule has 2 aromatic carbocycles. The van der Waals surface area contributed by atoms with Crippen LogP contribution in [0.2, 0.25) is 0 Å². The lowest BCUT2D eigenvalue weighted by Gasteiger charge is -2.23. The fraction of sp³-hybridized carbons (Fsp3) is 0.533. The third kappa shape index (κ3) is 22.8.